The fraction of sp³-hybridized carbons (Fsp3) is 0.653. The van der Waals surface area contributed by atoms with Crippen molar-refractivity contribution in [3.8, 4) is 22.5 Å². The Morgan fingerprint density at radius 3 is 1.15 bits per heavy atom. The Morgan fingerprint density at radius 2 is 0.805 bits per heavy atom. The SMILES string of the molecule is C1CCN(C2CCNCC2)CC1.CC(C)(C)OC(=O)N1C[C@H](CN(C(=O)CC(Cl)(Cl)Cl)[C@@H](c2nc(-c3ccccc3)cn2Cc2ccccc2)C(C)(C)C)[C@@H](O[Si](C)(C)C(C)(C)C)C1.CC(C)(C)OC(=O)N1C[C@H](CN(C(=O)N2CCC(N3CCCCC3)CC2)[C@@H](c2nc(-c3ccccc3)cn2Cc2ccccc2)C(C)(C)C)[C@@H](O[Si](C)(C)C(C)(C)C)C1. The molecule has 6 fully saturated rings. The van der Waals surface area contributed by atoms with E-state index in [1.807, 2.05) is 112 Å². The van der Waals surface area contributed by atoms with Crippen LogP contribution in [0.5, 0.6) is 0 Å². The molecule has 0 bridgehead atoms. The molecule has 25 heteroatoms. The summed E-state index contributed by atoms with van der Waals surface area (Å²) >= 11 is 19.0. The van der Waals surface area contributed by atoms with Gasteiger partial charge in [0.1, 0.15) is 22.9 Å². The molecule has 0 unspecified atom stereocenters. The molecule has 2 aromatic heterocycles. The topological polar surface area (TPSA) is 176 Å². The molecule has 1 N–H and O–H groups in total. The van der Waals surface area contributed by atoms with Gasteiger partial charge in [-0.1, -0.05) is 252 Å². The van der Waals surface area contributed by atoms with Crippen molar-refractivity contribution in [2.45, 2.75) is 296 Å². The van der Waals surface area contributed by atoms with Crippen molar-refractivity contribution in [3.05, 3.63) is 156 Å². The van der Waals surface area contributed by atoms with Gasteiger partial charge >= 0.3 is 18.2 Å². The molecule has 6 aliphatic heterocycles. The van der Waals surface area contributed by atoms with Gasteiger partial charge < -0.3 is 67.1 Å². The number of ether oxygens (including phenoxy) is 2. The van der Waals surface area contributed by atoms with Crippen LogP contribution in [0.2, 0.25) is 36.3 Å². The lowest BCUT2D eigenvalue weighted by Crippen LogP contribution is -2.55. The second kappa shape index (κ2) is 41.8. The molecule has 0 saturated carbocycles. The molecular formula is C98H151Cl3N12O8Si2. The van der Waals surface area contributed by atoms with E-state index < -0.39 is 54.6 Å². The third-order valence-electron chi connectivity index (χ3n) is 26.1. The first kappa shape index (κ1) is 98.9. The molecule has 6 aliphatic rings. The third-order valence-corrected chi connectivity index (χ3v) is 35.5. The number of rotatable bonds is 21. The van der Waals surface area contributed by atoms with E-state index in [9.17, 15) is 14.4 Å². The van der Waals surface area contributed by atoms with Crippen LogP contribution in [0.3, 0.4) is 0 Å². The molecule has 6 saturated heterocycles. The number of amides is 5. The Morgan fingerprint density at radius 1 is 0.455 bits per heavy atom. The van der Waals surface area contributed by atoms with E-state index >= 15 is 4.79 Å². The maximum Gasteiger partial charge on any atom is 0.410 e. The first-order chi connectivity index (χ1) is 57.5. The zero-order chi connectivity index (χ0) is 89.8. The number of aromatic nitrogens is 4. The first-order valence-corrected chi connectivity index (χ1v) is 52.7. The van der Waals surface area contributed by atoms with E-state index in [4.69, 9.17) is 63.1 Å². The van der Waals surface area contributed by atoms with Gasteiger partial charge in [0.2, 0.25) is 5.91 Å². The number of hydrogen-bond donors (Lipinski definition) is 1. The molecule has 20 nitrogen and oxygen atoms in total. The monoisotopic (exact) mass is 1790 g/mol. The molecule has 12 rings (SSSR count). The van der Waals surface area contributed by atoms with E-state index in [0.29, 0.717) is 51.9 Å². The van der Waals surface area contributed by atoms with Gasteiger partial charge in [-0.25, -0.2) is 24.4 Å². The number of carbonyl (C=O) groups excluding carboxylic acids is 4. The van der Waals surface area contributed by atoms with Crippen LogP contribution in [-0.2, 0) is 36.2 Å². The van der Waals surface area contributed by atoms with Gasteiger partial charge in [0, 0.05) is 113 Å². The third kappa shape index (κ3) is 28.1. The van der Waals surface area contributed by atoms with Crippen LogP contribution < -0.4 is 5.32 Å². The van der Waals surface area contributed by atoms with Gasteiger partial charge in [0.25, 0.3) is 0 Å². The summed E-state index contributed by atoms with van der Waals surface area (Å²) in [5.74, 6) is 0.869. The lowest BCUT2D eigenvalue weighted by atomic mass is 9.84. The van der Waals surface area contributed by atoms with Crippen molar-refractivity contribution in [1.29, 1.82) is 0 Å². The summed E-state index contributed by atoms with van der Waals surface area (Å²) in [7, 11) is -4.60. The summed E-state index contributed by atoms with van der Waals surface area (Å²) < 4.78 is 28.6. The number of carbonyl (C=O) groups is 4. The standard InChI is InChI=1S/C48H74N6O4Si.C40H57Cl3N4O4Si.C10H20N2/c1-46(2,3)42(43-49-40(37-23-17-13-18-24-37)34-52(43)31-36-21-15-12-16-22-36)54(44(55)51-29-25-39(26-30-51)50-27-19-14-20-28-50)33-38-32-53(45(56)57-47(4,5)6)35-41(38)58-59(10,11)48(7,8)9;1-37(2,3)34(35-44-31(29-20-16-13-17-21-29)26-45(35)23-28-18-14-12-15-19-28)47(33(48)22-40(41,42)43)25-30-24-46(36(49)50-38(4,5)6)27-32(30)51-52(10,11)39(7,8)9;1-2-8-12(9-3-1)10-4-6-11-7-5-10/h12-13,15-18,21-24,34,38-39,41-42H,14,19-20,25-33,35H2,1-11H3;12-21,26,30,32,34H,22-25,27H2,1-11H3;10-11H,1-9H2/t38-,41+,42+;30-,32+,34+;/m11./s1. The molecule has 6 atom stereocenters. The van der Waals surface area contributed by atoms with E-state index in [0.717, 1.165) is 84.8 Å². The van der Waals surface area contributed by atoms with Crippen LogP contribution in [0.1, 0.15) is 230 Å². The number of nitrogens with zero attached hydrogens (tertiary/aromatic N) is 11. The fourth-order valence-electron chi connectivity index (χ4n) is 17.7. The van der Waals surface area contributed by atoms with Crippen molar-refractivity contribution >= 4 is 75.6 Å². The summed E-state index contributed by atoms with van der Waals surface area (Å²) in [6.07, 6.45) is 15.4. The van der Waals surface area contributed by atoms with Crippen LogP contribution >= 0.6 is 34.8 Å². The number of likely N-dealkylation sites (tertiary alicyclic amines) is 5. The Hall–Kier alpha value is -6.32. The summed E-state index contributed by atoms with van der Waals surface area (Å²) in [6, 6.07) is 41.6. The second-order valence-corrected chi connectivity index (χ2v) is 54.8. The number of imidazole rings is 2. The van der Waals surface area contributed by atoms with Gasteiger partial charge in [0.15, 0.2) is 20.4 Å². The van der Waals surface area contributed by atoms with E-state index in [1.54, 1.807) is 4.90 Å². The second-order valence-electron chi connectivity index (χ2n) is 42.8. The van der Waals surface area contributed by atoms with Crippen molar-refractivity contribution in [2.24, 2.45) is 22.7 Å². The minimum atomic E-state index is -2.32. The maximum atomic E-state index is 15.6. The highest BCUT2D eigenvalue weighted by Crippen LogP contribution is 2.47. The van der Waals surface area contributed by atoms with Crippen LogP contribution in [0.4, 0.5) is 14.4 Å². The largest absolute Gasteiger partial charge is 0.444 e. The van der Waals surface area contributed by atoms with Gasteiger partial charge in [-0.15, -0.1) is 0 Å². The zero-order valence-corrected chi connectivity index (χ0v) is 83.0. The summed E-state index contributed by atoms with van der Waals surface area (Å²) in [4.78, 5) is 83.2. The lowest BCUT2D eigenvalue weighted by molar-refractivity contribution is -0.137. The number of benzene rings is 4. The molecule has 0 spiro atoms. The number of piperidine rings is 4. The first-order valence-electron chi connectivity index (χ1n) is 45.8. The molecule has 4 aromatic carbocycles. The Kier molecular flexibility index (Phi) is 33.6. The highest BCUT2D eigenvalue weighted by molar-refractivity contribution is 6.74. The van der Waals surface area contributed by atoms with Crippen LogP contribution in [0, 0.1) is 22.7 Å². The predicted molar refractivity (Wildman–Crippen MR) is 508 cm³/mol. The molecular weight excluding hydrogens is 1640 g/mol. The fourth-order valence-corrected chi connectivity index (χ4v) is 20.8. The summed E-state index contributed by atoms with van der Waals surface area (Å²) in [6.45, 7) is 59.0. The number of hydrogen-bond acceptors (Lipinski definition) is 13. The maximum absolute atomic E-state index is 15.6. The smallest absolute Gasteiger partial charge is 0.410 e. The molecule has 0 aliphatic carbocycles. The van der Waals surface area contributed by atoms with Crippen LogP contribution in [0.25, 0.3) is 22.5 Å². The molecule has 680 valence electrons. The molecule has 5 amide bonds. The average molecular weight is 1790 g/mol. The zero-order valence-electron chi connectivity index (χ0n) is 78.7. The number of halogens is 3. The predicted octanol–water partition coefficient (Wildman–Crippen LogP) is 22.1. The van der Waals surface area contributed by atoms with Gasteiger partial charge in [-0.3, -0.25) is 4.79 Å². The number of alkyl halides is 3. The van der Waals surface area contributed by atoms with Gasteiger partial charge in [-0.05, 0) is 190 Å². The van der Waals surface area contributed by atoms with E-state index in [1.165, 1.54) is 83.1 Å². The minimum Gasteiger partial charge on any atom is -0.444 e. The van der Waals surface area contributed by atoms with Crippen LogP contribution in [0.15, 0.2) is 134 Å². The van der Waals surface area contributed by atoms with Crippen LogP contribution in [-0.4, -0.2) is 225 Å². The molecule has 6 aromatic rings. The number of nitrogens with one attached hydrogen (secondary N) is 1. The minimum absolute atomic E-state index is 0.0327. The van der Waals surface area contributed by atoms with Gasteiger partial charge in [0.05, 0.1) is 42.1 Å². The van der Waals surface area contributed by atoms with E-state index in [2.05, 4.69) is 216 Å². The molecule has 123 heavy (non-hydrogen) atoms. The molecule has 0 radical (unpaired) electrons. The number of urea groups is 1. The summed E-state index contributed by atoms with van der Waals surface area (Å²) in [5.41, 5.74) is 3.74. The van der Waals surface area contributed by atoms with Crippen molar-refractivity contribution < 1.29 is 37.5 Å². The average Bonchev–Trinajstić information content (AvgIpc) is 1.65. The normalized spacial score (nSPS) is 20.4. The Bertz CT molecular complexity index is 4300. The highest BCUT2D eigenvalue weighted by atomic mass is 35.6. The van der Waals surface area contributed by atoms with Crippen molar-refractivity contribution in [2.75, 3.05) is 91.6 Å². The van der Waals surface area contributed by atoms with Crippen molar-refractivity contribution in [1.82, 2.24) is 58.7 Å². The Balaban J connectivity index is 0.000000227. The van der Waals surface area contributed by atoms with Gasteiger partial charge in [-0.2, -0.15) is 0 Å². The van der Waals surface area contributed by atoms with E-state index in [-0.39, 0.29) is 71.2 Å². The Labute approximate surface area is 756 Å². The molecule has 8 heterocycles. The highest BCUT2D eigenvalue weighted by Gasteiger charge is 2.52. The summed E-state index contributed by atoms with van der Waals surface area (Å²) in [5, 5.41) is 3.32. The quantitative estimate of drug-likeness (QED) is 0.0533. The van der Waals surface area contributed by atoms with Crippen molar-refractivity contribution in [3.63, 3.8) is 0 Å². The lowest BCUT2D eigenvalue weighted by Gasteiger charge is -2.46.